The lowest BCUT2D eigenvalue weighted by Gasteiger charge is -2.13. The van der Waals surface area contributed by atoms with Crippen molar-refractivity contribution < 1.29 is 9.21 Å². The zero-order valence-corrected chi connectivity index (χ0v) is 17.5. The van der Waals surface area contributed by atoms with Crippen LogP contribution in [0.5, 0.6) is 0 Å². The summed E-state index contributed by atoms with van der Waals surface area (Å²) in [5, 5.41) is 12.4. The predicted octanol–water partition coefficient (Wildman–Crippen LogP) is 4.80. The molecular weight excluding hydrogens is 372 g/mol. The van der Waals surface area contributed by atoms with Crippen molar-refractivity contribution in [3.05, 3.63) is 47.7 Å². The molecule has 0 atom stereocenters. The molecule has 0 bridgehead atoms. The van der Waals surface area contributed by atoms with E-state index in [0.717, 1.165) is 34.9 Å². The van der Waals surface area contributed by atoms with E-state index in [1.54, 1.807) is 6.26 Å². The molecule has 0 spiro atoms. The summed E-state index contributed by atoms with van der Waals surface area (Å²) in [5.41, 5.74) is 3.12. The second-order valence-electron chi connectivity index (χ2n) is 7.09. The van der Waals surface area contributed by atoms with Crippen molar-refractivity contribution in [2.24, 2.45) is 5.92 Å². The van der Waals surface area contributed by atoms with Gasteiger partial charge in [-0.1, -0.05) is 50.7 Å². The van der Waals surface area contributed by atoms with Gasteiger partial charge in [0.1, 0.15) is 0 Å². The molecule has 28 heavy (non-hydrogen) atoms. The van der Waals surface area contributed by atoms with Crippen LogP contribution < -0.4 is 5.32 Å². The number of benzene rings is 1. The van der Waals surface area contributed by atoms with Gasteiger partial charge in [0.25, 0.3) is 0 Å². The highest BCUT2D eigenvalue weighted by Gasteiger charge is 2.18. The Hall–Kier alpha value is -2.54. The van der Waals surface area contributed by atoms with Crippen LogP contribution in [-0.2, 0) is 17.8 Å². The van der Waals surface area contributed by atoms with Crippen LogP contribution in [0.3, 0.4) is 0 Å². The van der Waals surface area contributed by atoms with Crippen LogP contribution >= 0.6 is 11.8 Å². The quantitative estimate of drug-likeness (QED) is 0.552. The summed E-state index contributed by atoms with van der Waals surface area (Å²) in [7, 11) is 0. The van der Waals surface area contributed by atoms with E-state index in [-0.39, 0.29) is 11.7 Å². The number of thioether (sulfide) groups is 1. The molecule has 2 aromatic heterocycles. The normalized spacial score (nSPS) is 11.2. The summed E-state index contributed by atoms with van der Waals surface area (Å²) in [4.78, 5) is 12.6. The van der Waals surface area contributed by atoms with E-state index in [4.69, 9.17) is 4.42 Å². The Bertz CT molecular complexity index is 932. The SMILES string of the molecule is CCc1cccc(C)c1NC(=O)CSc1nnc(-c2ccco2)n1CC(C)C. The number of rotatable bonds is 8. The standard InChI is InChI=1S/C21H26N4O2S/c1-5-16-9-6-8-15(4)19(16)22-18(26)13-28-21-24-23-20(17-10-7-11-27-17)25(21)12-14(2)3/h6-11,14H,5,12-13H2,1-4H3,(H,22,26). The fraction of sp³-hybridized carbons (Fsp3) is 0.381. The van der Waals surface area contributed by atoms with E-state index >= 15 is 0 Å². The minimum absolute atomic E-state index is 0.0485. The summed E-state index contributed by atoms with van der Waals surface area (Å²) in [6, 6.07) is 9.77. The third-order valence-electron chi connectivity index (χ3n) is 4.34. The number of anilines is 1. The van der Waals surface area contributed by atoms with Gasteiger partial charge in [-0.05, 0) is 42.5 Å². The van der Waals surface area contributed by atoms with Crippen LogP contribution in [0.25, 0.3) is 11.6 Å². The highest BCUT2D eigenvalue weighted by Crippen LogP contribution is 2.26. The van der Waals surface area contributed by atoms with E-state index in [1.807, 2.05) is 41.8 Å². The van der Waals surface area contributed by atoms with Crippen molar-refractivity contribution in [1.82, 2.24) is 14.8 Å². The van der Waals surface area contributed by atoms with Gasteiger partial charge in [0.05, 0.1) is 12.0 Å². The van der Waals surface area contributed by atoms with Gasteiger partial charge >= 0.3 is 0 Å². The summed E-state index contributed by atoms with van der Waals surface area (Å²) in [6.45, 7) is 9.13. The van der Waals surface area contributed by atoms with E-state index in [0.29, 0.717) is 17.5 Å². The molecule has 0 aliphatic carbocycles. The molecule has 0 aliphatic heterocycles. The Balaban J connectivity index is 1.73. The van der Waals surface area contributed by atoms with Crippen molar-refractivity contribution in [3.63, 3.8) is 0 Å². The molecule has 0 fully saturated rings. The molecule has 2 heterocycles. The molecule has 3 aromatic rings. The fourth-order valence-corrected chi connectivity index (χ4v) is 3.77. The van der Waals surface area contributed by atoms with E-state index in [9.17, 15) is 4.79 Å². The smallest absolute Gasteiger partial charge is 0.234 e. The van der Waals surface area contributed by atoms with Crippen molar-refractivity contribution in [2.45, 2.75) is 45.8 Å². The number of carbonyl (C=O) groups excluding carboxylic acids is 1. The molecule has 1 N–H and O–H groups in total. The van der Waals surface area contributed by atoms with Crippen LogP contribution in [0.15, 0.2) is 46.2 Å². The Morgan fingerprint density at radius 3 is 2.75 bits per heavy atom. The number of nitrogens with zero attached hydrogens (tertiary/aromatic N) is 3. The average molecular weight is 399 g/mol. The first kappa shape index (κ1) is 20.2. The highest BCUT2D eigenvalue weighted by atomic mass is 32.2. The minimum Gasteiger partial charge on any atom is -0.461 e. The molecule has 148 valence electrons. The second-order valence-corrected chi connectivity index (χ2v) is 8.03. The summed E-state index contributed by atoms with van der Waals surface area (Å²) >= 11 is 1.39. The second kappa shape index (κ2) is 9.10. The molecule has 7 heteroatoms. The maximum atomic E-state index is 12.6. The number of nitrogens with one attached hydrogen (secondary N) is 1. The summed E-state index contributed by atoms with van der Waals surface area (Å²) in [6.07, 6.45) is 2.50. The molecule has 0 unspecified atom stereocenters. The third-order valence-corrected chi connectivity index (χ3v) is 5.31. The van der Waals surface area contributed by atoms with Crippen LogP contribution in [-0.4, -0.2) is 26.4 Å². The van der Waals surface area contributed by atoms with Crippen molar-refractivity contribution >= 4 is 23.4 Å². The van der Waals surface area contributed by atoms with Gasteiger partial charge in [-0.2, -0.15) is 0 Å². The lowest BCUT2D eigenvalue weighted by Crippen LogP contribution is -2.17. The molecule has 3 rings (SSSR count). The molecule has 6 nitrogen and oxygen atoms in total. The number of amides is 1. The first-order valence-electron chi connectivity index (χ1n) is 9.47. The molecule has 0 radical (unpaired) electrons. The molecule has 1 aromatic carbocycles. The van der Waals surface area contributed by atoms with Gasteiger partial charge in [0.15, 0.2) is 16.7 Å². The van der Waals surface area contributed by atoms with Gasteiger partial charge < -0.3 is 9.73 Å². The number of hydrogen-bond donors (Lipinski definition) is 1. The van der Waals surface area contributed by atoms with Crippen LogP contribution in [0, 0.1) is 12.8 Å². The number of para-hydroxylation sites is 1. The highest BCUT2D eigenvalue weighted by molar-refractivity contribution is 7.99. The number of aromatic nitrogens is 3. The van der Waals surface area contributed by atoms with Crippen LogP contribution in [0.2, 0.25) is 0 Å². The molecule has 0 aliphatic rings. The number of carbonyl (C=O) groups is 1. The van der Waals surface area contributed by atoms with E-state index in [2.05, 4.69) is 36.3 Å². The zero-order valence-electron chi connectivity index (χ0n) is 16.7. The lowest BCUT2D eigenvalue weighted by atomic mass is 10.1. The van der Waals surface area contributed by atoms with Gasteiger partial charge in [0.2, 0.25) is 5.91 Å². The molecular formula is C21H26N4O2S. The fourth-order valence-electron chi connectivity index (χ4n) is 3.02. The summed E-state index contributed by atoms with van der Waals surface area (Å²) < 4.78 is 7.51. The molecule has 0 saturated heterocycles. The first-order chi connectivity index (χ1) is 13.5. The zero-order chi connectivity index (χ0) is 20.1. The first-order valence-corrected chi connectivity index (χ1v) is 10.5. The Labute approximate surface area is 169 Å². The number of furan rings is 1. The topological polar surface area (TPSA) is 73.0 Å². The Morgan fingerprint density at radius 2 is 2.07 bits per heavy atom. The lowest BCUT2D eigenvalue weighted by molar-refractivity contribution is -0.113. The monoisotopic (exact) mass is 398 g/mol. The van der Waals surface area contributed by atoms with Crippen molar-refractivity contribution in [1.29, 1.82) is 0 Å². The maximum Gasteiger partial charge on any atom is 0.234 e. The van der Waals surface area contributed by atoms with Gasteiger partial charge in [0, 0.05) is 12.2 Å². The van der Waals surface area contributed by atoms with Gasteiger partial charge in [-0.3, -0.25) is 9.36 Å². The number of hydrogen-bond acceptors (Lipinski definition) is 5. The Morgan fingerprint density at radius 1 is 1.25 bits per heavy atom. The minimum atomic E-state index is -0.0485. The van der Waals surface area contributed by atoms with Crippen molar-refractivity contribution in [3.8, 4) is 11.6 Å². The molecule has 1 amide bonds. The van der Waals surface area contributed by atoms with Gasteiger partial charge in [-0.15, -0.1) is 10.2 Å². The van der Waals surface area contributed by atoms with E-state index in [1.165, 1.54) is 11.8 Å². The number of aryl methyl sites for hydroxylation is 2. The van der Waals surface area contributed by atoms with E-state index < -0.39 is 0 Å². The van der Waals surface area contributed by atoms with Gasteiger partial charge in [-0.25, -0.2) is 0 Å². The predicted molar refractivity (Wildman–Crippen MR) is 112 cm³/mol. The largest absolute Gasteiger partial charge is 0.461 e. The third kappa shape index (κ3) is 4.65. The van der Waals surface area contributed by atoms with Crippen LogP contribution in [0.1, 0.15) is 31.9 Å². The van der Waals surface area contributed by atoms with Crippen molar-refractivity contribution in [2.75, 3.05) is 11.1 Å². The maximum absolute atomic E-state index is 12.6. The summed E-state index contributed by atoms with van der Waals surface area (Å²) in [5.74, 6) is 2.00. The Kier molecular flexibility index (Phi) is 6.57. The van der Waals surface area contributed by atoms with Crippen LogP contribution in [0.4, 0.5) is 5.69 Å². The molecule has 0 saturated carbocycles. The average Bonchev–Trinajstić information content (AvgIpc) is 3.31.